The Morgan fingerprint density at radius 1 is 1.11 bits per heavy atom. The smallest absolute Gasteiger partial charge is 0.193 e. The van der Waals surface area contributed by atoms with Crippen molar-refractivity contribution < 1.29 is 9.53 Å². The molecule has 0 atom stereocenters. The Kier molecular flexibility index (Phi) is 3.63. The first-order chi connectivity index (χ1) is 8.70. The van der Waals surface area contributed by atoms with Crippen LogP contribution in [-0.4, -0.2) is 12.4 Å². The summed E-state index contributed by atoms with van der Waals surface area (Å²) in [5.74, 6) is 0.649. The third-order valence-electron chi connectivity index (χ3n) is 2.56. The summed E-state index contributed by atoms with van der Waals surface area (Å²) in [4.78, 5) is 12.2. The molecule has 2 aromatic rings. The van der Waals surface area contributed by atoms with Crippen molar-refractivity contribution in [1.29, 1.82) is 0 Å². The van der Waals surface area contributed by atoms with E-state index in [1.165, 1.54) is 0 Å². The van der Waals surface area contributed by atoms with Gasteiger partial charge in [-0.1, -0.05) is 24.3 Å². The predicted molar refractivity (Wildman–Crippen MR) is 71.9 cm³/mol. The van der Waals surface area contributed by atoms with Gasteiger partial charge in [-0.05, 0) is 31.2 Å². The fourth-order valence-electron chi connectivity index (χ4n) is 1.74. The highest BCUT2D eigenvalue weighted by atomic mass is 16.5. The van der Waals surface area contributed by atoms with Crippen LogP contribution in [0.15, 0.2) is 48.5 Å². The summed E-state index contributed by atoms with van der Waals surface area (Å²) >= 11 is 0. The van der Waals surface area contributed by atoms with E-state index in [9.17, 15) is 4.79 Å². The Morgan fingerprint density at radius 2 is 1.78 bits per heavy atom. The average molecular weight is 241 g/mol. The number of ketones is 1. The standard InChI is InChI=1S/C15H15NO2/c1-2-18-14-8-4-6-12(10-14)15(17)11-5-3-7-13(16)9-11/h3-10H,2,16H2,1H3. The van der Waals surface area contributed by atoms with Gasteiger partial charge >= 0.3 is 0 Å². The van der Waals surface area contributed by atoms with Crippen LogP contribution in [0.3, 0.4) is 0 Å². The van der Waals surface area contributed by atoms with Gasteiger partial charge in [-0.2, -0.15) is 0 Å². The molecule has 0 heterocycles. The predicted octanol–water partition coefficient (Wildman–Crippen LogP) is 2.90. The van der Waals surface area contributed by atoms with Gasteiger partial charge < -0.3 is 10.5 Å². The topological polar surface area (TPSA) is 52.3 Å². The molecule has 3 nitrogen and oxygen atoms in total. The monoisotopic (exact) mass is 241 g/mol. The van der Waals surface area contributed by atoms with Crippen molar-refractivity contribution in [2.24, 2.45) is 0 Å². The zero-order valence-electron chi connectivity index (χ0n) is 10.2. The first kappa shape index (κ1) is 12.2. The normalized spacial score (nSPS) is 10.1. The Bertz CT molecular complexity index is 564. The fourth-order valence-corrected chi connectivity index (χ4v) is 1.74. The van der Waals surface area contributed by atoms with Crippen molar-refractivity contribution in [1.82, 2.24) is 0 Å². The quantitative estimate of drug-likeness (QED) is 0.661. The summed E-state index contributed by atoms with van der Waals surface area (Å²) < 4.78 is 5.38. The maximum Gasteiger partial charge on any atom is 0.193 e. The van der Waals surface area contributed by atoms with Crippen molar-refractivity contribution in [2.45, 2.75) is 6.92 Å². The molecule has 0 aliphatic carbocycles. The Morgan fingerprint density at radius 3 is 2.44 bits per heavy atom. The number of carbonyl (C=O) groups is 1. The van der Waals surface area contributed by atoms with E-state index in [1.54, 1.807) is 36.4 Å². The molecular weight excluding hydrogens is 226 g/mol. The van der Waals surface area contributed by atoms with Crippen LogP contribution in [0.5, 0.6) is 5.75 Å². The van der Waals surface area contributed by atoms with Crippen LogP contribution >= 0.6 is 0 Å². The average Bonchev–Trinajstić information content (AvgIpc) is 2.39. The van der Waals surface area contributed by atoms with Gasteiger partial charge in [-0.3, -0.25) is 4.79 Å². The molecule has 3 heteroatoms. The van der Waals surface area contributed by atoms with Crippen molar-refractivity contribution in [3.8, 4) is 5.75 Å². The highest BCUT2D eigenvalue weighted by Gasteiger charge is 2.09. The molecule has 0 aliphatic rings. The second-order valence-electron chi connectivity index (χ2n) is 3.92. The second kappa shape index (κ2) is 5.36. The number of benzene rings is 2. The lowest BCUT2D eigenvalue weighted by Gasteiger charge is -2.06. The summed E-state index contributed by atoms with van der Waals surface area (Å²) in [6.45, 7) is 2.49. The van der Waals surface area contributed by atoms with E-state index in [1.807, 2.05) is 19.1 Å². The van der Waals surface area contributed by atoms with Gasteiger partial charge in [0.1, 0.15) is 5.75 Å². The number of carbonyl (C=O) groups excluding carboxylic acids is 1. The maximum atomic E-state index is 12.2. The molecular formula is C15H15NO2. The maximum absolute atomic E-state index is 12.2. The zero-order valence-corrected chi connectivity index (χ0v) is 10.2. The van der Waals surface area contributed by atoms with Gasteiger partial charge in [0, 0.05) is 16.8 Å². The molecule has 0 saturated heterocycles. The first-order valence-corrected chi connectivity index (χ1v) is 5.84. The van der Waals surface area contributed by atoms with Gasteiger partial charge in [-0.25, -0.2) is 0 Å². The largest absolute Gasteiger partial charge is 0.494 e. The number of nitrogens with two attached hydrogens (primary N) is 1. The minimum atomic E-state index is -0.0520. The third-order valence-corrected chi connectivity index (χ3v) is 2.56. The van der Waals surface area contributed by atoms with Crippen LogP contribution in [0.25, 0.3) is 0 Å². The molecule has 0 radical (unpaired) electrons. The van der Waals surface area contributed by atoms with Gasteiger partial charge in [0.25, 0.3) is 0 Å². The lowest BCUT2D eigenvalue weighted by Crippen LogP contribution is -2.02. The molecule has 92 valence electrons. The Balaban J connectivity index is 2.31. The minimum Gasteiger partial charge on any atom is -0.494 e. The molecule has 0 aromatic heterocycles. The van der Waals surface area contributed by atoms with E-state index in [-0.39, 0.29) is 5.78 Å². The number of ether oxygens (including phenoxy) is 1. The van der Waals surface area contributed by atoms with Crippen molar-refractivity contribution >= 4 is 11.5 Å². The van der Waals surface area contributed by atoms with Crippen LogP contribution in [0.1, 0.15) is 22.8 Å². The van der Waals surface area contributed by atoms with Crippen LogP contribution in [0, 0.1) is 0 Å². The zero-order chi connectivity index (χ0) is 13.0. The molecule has 2 rings (SSSR count). The van der Waals surface area contributed by atoms with E-state index >= 15 is 0 Å². The lowest BCUT2D eigenvalue weighted by molar-refractivity contribution is 0.103. The highest BCUT2D eigenvalue weighted by Crippen LogP contribution is 2.17. The van der Waals surface area contributed by atoms with Gasteiger partial charge in [0.05, 0.1) is 6.61 Å². The first-order valence-electron chi connectivity index (χ1n) is 5.84. The molecule has 0 bridgehead atoms. The summed E-state index contributed by atoms with van der Waals surface area (Å²) in [6, 6.07) is 14.1. The van der Waals surface area contributed by atoms with Gasteiger partial charge in [0.2, 0.25) is 0 Å². The second-order valence-corrected chi connectivity index (χ2v) is 3.92. The number of hydrogen-bond acceptors (Lipinski definition) is 3. The van der Waals surface area contributed by atoms with E-state index < -0.39 is 0 Å². The van der Waals surface area contributed by atoms with Gasteiger partial charge in [0.15, 0.2) is 5.78 Å². The number of hydrogen-bond donors (Lipinski definition) is 1. The minimum absolute atomic E-state index is 0.0520. The SMILES string of the molecule is CCOc1cccc(C(=O)c2cccc(N)c2)c1. The highest BCUT2D eigenvalue weighted by molar-refractivity contribution is 6.09. The summed E-state index contributed by atoms with van der Waals surface area (Å²) in [6.07, 6.45) is 0. The van der Waals surface area contributed by atoms with Crippen LogP contribution < -0.4 is 10.5 Å². The molecule has 0 fully saturated rings. The lowest BCUT2D eigenvalue weighted by atomic mass is 10.0. The van der Waals surface area contributed by atoms with Crippen molar-refractivity contribution in [3.63, 3.8) is 0 Å². The number of anilines is 1. The van der Waals surface area contributed by atoms with Crippen molar-refractivity contribution in [3.05, 3.63) is 59.7 Å². The molecule has 0 aliphatic heterocycles. The van der Waals surface area contributed by atoms with Crippen LogP contribution in [0.4, 0.5) is 5.69 Å². The fraction of sp³-hybridized carbons (Fsp3) is 0.133. The molecule has 0 amide bonds. The van der Waals surface area contributed by atoms with E-state index in [2.05, 4.69) is 0 Å². The van der Waals surface area contributed by atoms with E-state index in [0.717, 1.165) is 0 Å². The Labute approximate surface area is 106 Å². The molecule has 0 unspecified atom stereocenters. The third kappa shape index (κ3) is 2.69. The van der Waals surface area contributed by atoms with E-state index in [4.69, 9.17) is 10.5 Å². The van der Waals surface area contributed by atoms with Crippen LogP contribution in [-0.2, 0) is 0 Å². The number of rotatable bonds is 4. The molecule has 0 spiro atoms. The summed E-state index contributed by atoms with van der Waals surface area (Å²) in [5.41, 5.74) is 7.45. The Hall–Kier alpha value is -2.29. The van der Waals surface area contributed by atoms with Crippen molar-refractivity contribution in [2.75, 3.05) is 12.3 Å². The molecule has 0 saturated carbocycles. The molecule has 18 heavy (non-hydrogen) atoms. The van der Waals surface area contributed by atoms with E-state index in [0.29, 0.717) is 29.2 Å². The van der Waals surface area contributed by atoms with Gasteiger partial charge in [-0.15, -0.1) is 0 Å². The summed E-state index contributed by atoms with van der Waals surface area (Å²) in [7, 11) is 0. The van der Waals surface area contributed by atoms with Crippen LogP contribution in [0.2, 0.25) is 0 Å². The number of nitrogen functional groups attached to an aromatic ring is 1. The molecule has 2 aromatic carbocycles. The molecule has 2 N–H and O–H groups in total. The summed E-state index contributed by atoms with van der Waals surface area (Å²) in [5, 5.41) is 0.